The molecule has 2 N–H and O–H groups in total. The summed E-state index contributed by atoms with van der Waals surface area (Å²) in [6, 6.07) is -0.0238. The summed E-state index contributed by atoms with van der Waals surface area (Å²) in [5.41, 5.74) is 5.51. The lowest BCUT2D eigenvalue weighted by molar-refractivity contribution is -0.171. The number of carbonyl (C=O) groups is 1. The van der Waals surface area contributed by atoms with Crippen molar-refractivity contribution in [1.29, 1.82) is 0 Å². The first-order chi connectivity index (χ1) is 5.09. The van der Waals surface area contributed by atoms with Crippen LogP contribution in [0.2, 0.25) is 0 Å². The topological polar surface area (TPSA) is 55.6 Å². The SMILES string of the molecule is CC(N)CN1OC(C)CC1=O. The second kappa shape index (κ2) is 3.19. The smallest absolute Gasteiger partial charge is 0.248 e. The summed E-state index contributed by atoms with van der Waals surface area (Å²) < 4.78 is 0. The van der Waals surface area contributed by atoms with Gasteiger partial charge in [0.15, 0.2) is 0 Å². The van der Waals surface area contributed by atoms with E-state index in [0.717, 1.165) is 0 Å². The number of rotatable bonds is 2. The molecule has 1 fully saturated rings. The molecule has 4 heteroatoms. The Morgan fingerprint density at radius 1 is 1.91 bits per heavy atom. The number of amides is 1. The molecule has 0 aromatic rings. The van der Waals surface area contributed by atoms with E-state index in [0.29, 0.717) is 13.0 Å². The number of hydroxylamine groups is 2. The van der Waals surface area contributed by atoms with Crippen LogP contribution in [0.1, 0.15) is 20.3 Å². The van der Waals surface area contributed by atoms with E-state index in [4.69, 9.17) is 10.6 Å². The molecule has 2 atom stereocenters. The summed E-state index contributed by atoms with van der Waals surface area (Å²) in [7, 11) is 0. The zero-order chi connectivity index (χ0) is 8.43. The fourth-order valence-corrected chi connectivity index (χ4v) is 1.07. The van der Waals surface area contributed by atoms with Crippen LogP contribution in [-0.2, 0) is 9.63 Å². The molecule has 11 heavy (non-hydrogen) atoms. The molecule has 1 aliphatic heterocycles. The van der Waals surface area contributed by atoms with E-state index < -0.39 is 0 Å². The second-order valence-corrected chi connectivity index (χ2v) is 3.05. The highest BCUT2D eigenvalue weighted by Crippen LogP contribution is 2.13. The quantitative estimate of drug-likeness (QED) is 0.610. The van der Waals surface area contributed by atoms with Gasteiger partial charge < -0.3 is 5.73 Å². The van der Waals surface area contributed by atoms with Crippen LogP contribution in [0.5, 0.6) is 0 Å². The molecule has 0 aliphatic carbocycles. The summed E-state index contributed by atoms with van der Waals surface area (Å²) in [5, 5.41) is 1.36. The third-order valence-corrected chi connectivity index (χ3v) is 1.50. The van der Waals surface area contributed by atoms with Gasteiger partial charge in [0, 0.05) is 6.04 Å². The molecule has 1 rings (SSSR count). The molecule has 64 valence electrons. The molecular weight excluding hydrogens is 144 g/mol. The lowest BCUT2D eigenvalue weighted by Crippen LogP contribution is -2.35. The van der Waals surface area contributed by atoms with Gasteiger partial charge in [0.25, 0.3) is 0 Å². The Morgan fingerprint density at radius 3 is 2.91 bits per heavy atom. The van der Waals surface area contributed by atoms with Crippen molar-refractivity contribution in [3.8, 4) is 0 Å². The normalized spacial score (nSPS) is 27.7. The van der Waals surface area contributed by atoms with Gasteiger partial charge in [0.05, 0.1) is 19.1 Å². The second-order valence-electron chi connectivity index (χ2n) is 3.05. The highest BCUT2D eigenvalue weighted by Gasteiger charge is 2.27. The largest absolute Gasteiger partial charge is 0.326 e. The number of hydrogen-bond donors (Lipinski definition) is 1. The van der Waals surface area contributed by atoms with Crippen molar-refractivity contribution in [2.45, 2.75) is 32.4 Å². The van der Waals surface area contributed by atoms with Crippen LogP contribution in [0.3, 0.4) is 0 Å². The van der Waals surface area contributed by atoms with E-state index >= 15 is 0 Å². The highest BCUT2D eigenvalue weighted by atomic mass is 16.7. The first-order valence-corrected chi connectivity index (χ1v) is 3.82. The highest BCUT2D eigenvalue weighted by molar-refractivity contribution is 5.77. The lowest BCUT2D eigenvalue weighted by atomic mass is 10.3. The number of hydrogen-bond acceptors (Lipinski definition) is 3. The van der Waals surface area contributed by atoms with Crippen LogP contribution in [0.15, 0.2) is 0 Å². The van der Waals surface area contributed by atoms with Gasteiger partial charge in [-0.25, -0.2) is 5.06 Å². The van der Waals surface area contributed by atoms with Crippen LogP contribution < -0.4 is 5.73 Å². The molecule has 2 unspecified atom stereocenters. The lowest BCUT2D eigenvalue weighted by Gasteiger charge is -2.16. The Hall–Kier alpha value is -0.610. The van der Waals surface area contributed by atoms with Crippen molar-refractivity contribution in [3.05, 3.63) is 0 Å². The molecular formula is C7H14N2O2. The fourth-order valence-electron chi connectivity index (χ4n) is 1.07. The minimum absolute atomic E-state index is 0.0150. The predicted molar refractivity (Wildman–Crippen MR) is 40.5 cm³/mol. The molecule has 0 aromatic carbocycles. The molecule has 0 aromatic heterocycles. The first kappa shape index (κ1) is 8.49. The summed E-state index contributed by atoms with van der Waals surface area (Å²) in [5.74, 6) is 0.0369. The molecule has 0 bridgehead atoms. The maximum atomic E-state index is 11.1. The molecule has 0 radical (unpaired) electrons. The van der Waals surface area contributed by atoms with Crippen LogP contribution in [-0.4, -0.2) is 29.7 Å². The van der Waals surface area contributed by atoms with Crippen molar-refractivity contribution < 1.29 is 9.63 Å². The third kappa shape index (κ3) is 2.17. The Bertz CT molecular complexity index is 159. The molecule has 1 aliphatic rings. The Labute approximate surface area is 66.3 Å². The van der Waals surface area contributed by atoms with Gasteiger partial charge in [-0.3, -0.25) is 9.63 Å². The molecule has 4 nitrogen and oxygen atoms in total. The van der Waals surface area contributed by atoms with Crippen LogP contribution in [0, 0.1) is 0 Å². The minimum atomic E-state index is -0.0238. The van der Waals surface area contributed by atoms with Gasteiger partial charge in [0.2, 0.25) is 5.91 Å². The van der Waals surface area contributed by atoms with Crippen molar-refractivity contribution >= 4 is 5.91 Å². The number of carbonyl (C=O) groups excluding carboxylic acids is 1. The van der Waals surface area contributed by atoms with Gasteiger partial charge in [-0.15, -0.1) is 0 Å². The molecule has 0 saturated carbocycles. The van der Waals surface area contributed by atoms with Crippen molar-refractivity contribution in [2.75, 3.05) is 6.54 Å². The van der Waals surface area contributed by atoms with E-state index in [1.165, 1.54) is 5.06 Å². The molecule has 1 saturated heterocycles. The van der Waals surface area contributed by atoms with Crippen LogP contribution >= 0.6 is 0 Å². The van der Waals surface area contributed by atoms with Crippen molar-refractivity contribution in [1.82, 2.24) is 5.06 Å². The Morgan fingerprint density at radius 2 is 2.55 bits per heavy atom. The van der Waals surface area contributed by atoms with Gasteiger partial charge >= 0.3 is 0 Å². The van der Waals surface area contributed by atoms with Crippen LogP contribution in [0.4, 0.5) is 0 Å². The predicted octanol–water partition coefficient (Wildman–Crippen LogP) is -0.114. The number of nitrogens with zero attached hydrogens (tertiary/aromatic N) is 1. The molecule has 1 amide bonds. The zero-order valence-corrected chi connectivity index (χ0v) is 6.91. The Balaban J connectivity index is 2.41. The summed E-state index contributed by atoms with van der Waals surface area (Å²) in [6.45, 7) is 4.21. The van der Waals surface area contributed by atoms with Gasteiger partial charge in [0.1, 0.15) is 0 Å². The third-order valence-electron chi connectivity index (χ3n) is 1.50. The van der Waals surface area contributed by atoms with E-state index in [9.17, 15) is 4.79 Å². The maximum Gasteiger partial charge on any atom is 0.248 e. The van der Waals surface area contributed by atoms with E-state index in [1.54, 1.807) is 0 Å². The van der Waals surface area contributed by atoms with E-state index in [1.807, 2.05) is 13.8 Å². The first-order valence-electron chi connectivity index (χ1n) is 3.82. The maximum absolute atomic E-state index is 11.1. The fraction of sp³-hybridized carbons (Fsp3) is 0.857. The summed E-state index contributed by atoms with van der Waals surface area (Å²) >= 11 is 0. The van der Waals surface area contributed by atoms with E-state index in [-0.39, 0.29) is 18.1 Å². The summed E-state index contributed by atoms with van der Waals surface area (Å²) in [4.78, 5) is 16.3. The zero-order valence-electron chi connectivity index (χ0n) is 6.91. The van der Waals surface area contributed by atoms with Gasteiger partial charge in [-0.1, -0.05) is 0 Å². The Kier molecular flexibility index (Phi) is 2.46. The summed E-state index contributed by atoms with van der Waals surface area (Å²) in [6.07, 6.45) is 0.494. The van der Waals surface area contributed by atoms with Crippen molar-refractivity contribution in [2.24, 2.45) is 5.73 Å². The standard InChI is InChI=1S/C7H14N2O2/c1-5(8)4-9-7(10)3-6(2)11-9/h5-6H,3-4,8H2,1-2H3. The number of nitrogens with two attached hydrogens (primary N) is 1. The molecule has 0 spiro atoms. The molecule has 1 heterocycles. The van der Waals surface area contributed by atoms with Crippen LogP contribution in [0.25, 0.3) is 0 Å². The van der Waals surface area contributed by atoms with E-state index in [2.05, 4.69) is 0 Å². The van der Waals surface area contributed by atoms with Gasteiger partial charge in [-0.05, 0) is 13.8 Å². The van der Waals surface area contributed by atoms with Gasteiger partial charge in [-0.2, -0.15) is 0 Å². The van der Waals surface area contributed by atoms with Crippen molar-refractivity contribution in [3.63, 3.8) is 0 Å². The average Bonchev–Trinajstić information content (AvgIpc) is 2.09. The monoisotopic (exact) mass is 158 g/mol. The minimum Gasteiger partial charge on any atom is -0.326 e. The average molecular weight is 158 g/mol.